The van der Waals surface area contributed by atoms with Gasteiger partial charge in [-0.3, -0.25) is 4.79 Å². The van der Waals surface area contributed by atoms with Gasteiger partial charge in [0.05, 0.1) is 0 Å². The van der Waals surface area contributed by atoms with Gasteiger partial charge in [-0.1, -0.05) is 19.3 Å². The molecule has 1 spiro atoms. The standard InChI is InChI=1S/C12H22N2OS.ClH/c13-7-4-11(15)14-8-9-16-12(10-14)5-2-1-3-6-12;/h1-10,13H2;1H. The lowest BCUT2D eigenvalue weighted by Gasteiger charge is -2.44. The summed E-state index contributed by atoms with van der Waals surface area (Å²) in [6.45, 7) is 2.37. The van der Waals surface area contributed by atoms with Gasteiger partial charge in [-0.2, -0.15) is 11.8 Å². The van der Waals surface area contributed by atoms with Crippen molar-refractivity contribution in [3.8, 4) is 0 Å². The van der Waals surface area contributed by atoms with E-state index in [4.69, 9.17) is 5.73 Å². The van der Waals surface area contributed by atoms with Gasteiger partial charge in [-0.15, -0.1) is 12.4 Å². The lowest BCUT2D eigenvalue weighted by atomic mass is 9.87. The summed E-state index contributed by atoms with van der Waals surface area (Å²) in [5, 5.41) is 0. The Balaban J connectivity index is 0.00000144. The van der Waals surface area contributed by atoms with Crippen molar-refractivity contribution in [2.75, 3.05) is 25.4 Å². The zero-order valence-electron chi connectivity index (χ0n) is 10.3. The number of nitrogens with two attached hydrogens (primary N) is 1. The van der Waals surface area contributed by atoms with Crippen LogP contribution in [0.3, 0.4) is 0 Å². The molecule has 100 valence electrons. The first-order chi connectivity index (χ1) is 7.76. The van der Waals surface area contributed by atoms with Crippen LogP contribution in [0.25, 0.3) is 0 Å². The number of thioether (sulfide) groups is 1. The molecule has 2 rings (SSSR count). The molecule has 0 aromatic heterocycles. The SMILES string of the molecule is Cl.NCCC(=O)N1CCSC2(CCCCC2)C1. The largest absolute Gasteiger partial charge is 0.340 e. The molecular weight excluding hydrogens is 256 g/mol. The maximum atomic E-state index is 11.9. The summed E-state index contributed by atoms with van der Waals surface area (Å²) in [5.74, 6) is 1.36. The van der Waals surface area contributed by atoms with Gasteiger partial charge < -0.3 is 10.6 Å². The van der Waals surface area contributed by atoms with E-state index in [1.54, 1.807) is 0 Å². The van der Waals surface area contributed by atoms with Crippen molar-refractivity contribution in [1.29, 1.82) is 0 Å². The fourth-order valence-corrected chi connectivity index (χ4v) is 4.41. The predicted molar refractivity (Wildman–Crippen MR) is 75.8 cm³/mol. The Kier molecular flexibility index (Phi) is 6.10. The number of carbonyl (C=O) groups is 1. The summed E-state index contributed by atoms with van der Waals surface area (Å²) >= 11 is 2.10. The molecular formula is C12H23ClN2OS. The Morgan fingerprint density at radius 3 is 2.65 bits per heavy atom. The quantitative estimate of drug-likeness (QED) is 0.841. The first kappa shape index (κ1) is 15.1. The maximum absolute atomic E-state index is 11.9. The van der Waals surface area contributed by atoms with Crippen molar-refractivity contribution in [1.82, 2.24) is 4.90 Å². The number of rotatable bonds is 2. The first-order valence-electron chi connectivity index (χ1n) is 6.38. The number of nitrogens with zero attached hydrogens (tertiary/aromatic N) is 1. The highest BCUT2D eigenvalue weighted by Gasteiger charge is 2.38. The van der Waals surface area contributed by atoms with Gasteiger partial charge >= 0.3 is 0 Å². The van der Waals surface area contributed by atoms with Crippen molar-refractivity contribution < 1.29 is 4.79 Å². The fraction of sp³-hybridized carbons (Fsp3) is 0.917. The number of carbonyl (C=O) groups excluding carboxylic acids is 1. The molecule has 1 amide bonds. The summed E-state index contributed by atoms with van der Waals surface area (Å²) in [5.41, 5.74) is 5.45. The summed E-state index contributed by atoms with van der Waals surface area (Å²) in [6.07, 6.45) is 7.16. The Morgan fingerprint density at radius 2 is 2.00 bits per heavy atom. The van der Waals surface area contributed by atoms with E-state index in [2.05, 4.69) is 16.7 Å². The molecule has 0 radical (unpaired) electrons. The molecule has 2 N–H and O–H groups in total. The second kappa shape index (κ2) is 6.86. The smallest absolute Gasteiger partial charge is 0.223 e. The molecule has 1 aliphatic carbocycles. The van der Waals surface area contributed by atoms with Crippen LogP contribution in [0, 0.1) is 0 Å². The second-order valence-corrected chi connectivity index (χ2v) is 6.51. The minimum Gasteiger partial charge on any atom is -0.340 e. The summed E-state index contributed by atoms with van der Waals surface area (Å²) < 4.78 is 0.390. The maximum Gasteiger partial charge on any atom is 0.223 e. The van der Waals surface area contributed by atoms with E-state index in [0.717, 1.165) is 18.8 Å². The fourth-order valence-electron chi connectivity index (χ4n) is 2.84. The zero-order chi connectivity index (χ0) is 11.4. The average molecular weight is 279 g/mol. The molecule has 0 aromatic carbocycles. The van der Waals surface area contributed by atoms with Crippen molar-refractivity contribution in [3.05, 3.63) is 0 Å². The highest BCUT2D eigenvalue weighted by molar-refractivity contribution is 8.00. The van der Waals surface area contributed by atoms with Gasteiger partial charge in [0.1, 0.15) is 0 Å². The number of amides is 1. The van der Waals surface area contributed by atoms with Crippen LogP contribution >= 0.6 is 24.2 Å². The topological polar surface area (TPSA) is 46.3 Å². The molecule has 0 atom stereocenters. The minimum atomic E-state index is 0. The normalized spacial score (nSPS) is 23.2. The molecule has 0 unspecified atom stereocenters. The van der Waals surface area contributed by atoms with E-state index in [-0.39, 0.29) is 18.3 Å². The van der Waals surface area contributed by atoms with Gasteiger partial charge in [-0.05, 0) is 12.8 Å². The van der Waals surface area contributed by atoms with Crippen LogP contribution in [0.5, 0.6) is 0 Å². The van der Waals surface area contributed by atoms with E-state index in [9.17, 15) is 4.79 Å². The van der Waals surface area contributed by atoms with E-state index in [1.807, 2.05) is 0 Å². The van der Waals surface area contributed by atoms with Gasteiger partial charge in [0.15, 0.2) is 0 Å². The molecule has 1 saturated carbocycles. The van der Waals surface area contributed by atoms with Crippen molar-refractivity contribution in [2.24, 2.45) is 5.73 Å². The van der Waals surface area contributed by atoms with E-state index >= 15 is 0 Å². The summed E-state index contributed by atoms with van der Waals surface area (Å²) in [4.78, 5) is 13.9. The lowest BCUT2D eigenvalue weighted by Crippen LogP contribution is -2.50. The molecule has 1 aliphatic heterocycles. The molecule has 2 aliphatic rings. The lowest BCUT2D eigenvalue weighted by molar-refractivity contribution is -0.131. The second-order valence-electron chi connectivity index (χ2n) is 4.95. The predicted octanol–water partition coefficient (Wildman–Crippen LogP) is 2.04. The Morgan fingerprint density at radius 1 is 1.29 bits per heavy atom. The van der Waals surface area contributed by atoms with Crippen molar-refractivity contribution in [2.45, 2.75) is 43.3 Å². The summed E-state index contributed by atoms with van der Waals surface area (Å²) in [6, 6.07) is 0. The molecule has 3 nitrogen and oxygen atoms in total. The third-order valence-corrected chi connectivity index (χ3v) is 5.26. The third kappa shape index (κ3) is 3.76. The van der Waals surface area contributed by atoms with Gasteiger partial charge in [0.2, 0.25) is 5.91 Å². The van der Waals surface area contributed by atoms with Gasteiger partial charge in [-0.25, -0.2) is 0 Å². The zero-order valence-corrected chi connectivity index (χ0v) is 12.0. The first-order valence-corrected chi connectivity index (χ1v) is 7.36. The van der Waals surface area contributed by atoms with Crippen molar-refractivity contribution >= 4 is 30.1 Å². The highest BCUT2D eigenvalue weighted by Crippen LogP contribution is 2.42. The monoisotopic (exact) mass is 278 g/mol. The molecule has 0 bridgehead atoms. The van der Waals surface area contributed by atoms with Crippen LogP contribution in [-0.4, -0.2) is 40.9 Å². The Hall–Kier alpha value is 0.0700. The molecule has 17 heavy (non-hydrogen) atoms. The van der Waals surface area contributed by atoms with E-state index in [1.165, 1.54) is 32.1 Å². The molecule has 1 saturated heterocycles. The summed E-state index contributed by atoms with van der Waals surface area (Å²) in [7, 11) is 0. The van der Waals surface area contributed by atoms with Crippen LogP contribution in [0.15, 0.2) is 0 Å². The van der Waals surface area contributed by atoms with Crippen LogP contribution < -0.4 is 5.73 Å². The van der Waals surface area contributed by atoms with E-state index in [0.29, 0.717) is 17.7 Å². The van der Waals surface area contributed by atoms with Crippen LogP contribution in [0.2, 0.25) is 0 Å². The molecule has 0 aromatic rings. The minimum absolute atomic E-state index is 0. The van der Waals surface area contributed by atoms with Gasteiger partial charge in [0, 0.05) is 36.6 Å². The number of hydrogen-bond donors (Lipinski definition) is 1. The Labute approximate surface area is 114 Å². The molecule has 1 heterocycles. The molecule has 5 heteroatoms. The highest BCUT2D eigenvalue weighted by atomic mass is 35.5. The van der Waals surface area contributed by atoms with Crippen molar-refractivity contribution in [3.63, 3.8) is 0 Å². The number of halogens is 1. The van der Waals surface area contributed by atoms with Gasteiger partial charge in [0.25, 0.3) is 0 Å². The van der Waals surface area contributed by atoms with Crippen LogP contribution in [0.1, 0.15) is 38.5 Å². The average Bonchev–Trinajstić information content (AvgIpc) is 2.30. The third-order valence-electron chi connectivity index (χ3n) is 3.72. The van der Waals surface area contributed by atoms with Crippen LogP contribution in [0.4, 0.5) is 0 Å². The van der Waals surface area contributed by atoms with E-state index < -0.39 is 0 Å². The molecule has 2 fully saturated rings. The Bertz CT molecular complexity index is 251. The number of hydrogen-bond acceptors (Lipinski definition) is 3. The van der Waals surface area contributed by atoms with Crippen LogP contribution in [-0.2, 0) is 4.79 Å².